The van der Waals surface area contributed by atoms with Gasteiger partial charge in [0.15, 0.2) is 0 Å². The maximum Gasteiger partial charge on any atom is -0.0190 e. The number of hydrogen-bond acceptors (Lipinski definition) is 0. The first kappa shape index (κ1) is 19.5. The third-order valence-corrected chi connectivity index (χ3v) is 6.15. The van der Waals surface area contributed by atoms with Gasteiger partial charge in [0.25, 0.3) is 0 Å². The number of unbranched alkanes of at least 4 members (excludes halogenated alkanes) is 2. The van der Waals surface area contributed by atoms with Crippen molar-refractivity contribution in [2.24, 2.45) is 11.8 Å². The molecule has 0 N–H and O–H groups in total. The molecule has 1 aromatic carbocycles. The lowest BCUT2D eigenvalue weighted by atomic mass is 9.78. The van der Waals surface area contributed by atoms with Gasteiger partial charge in [-0.25, -0.2) is 0 Å². The summed E-state index contributed by atoms with van der Waals surface area (Å²) in [6.45, 7) is 6.93. The van der Waals surface area contributed by atoms with Crippen molar-refractivity contribution in [2.75, 3.05) is 0 Å². The van der Waals surface area contributed by atoms with Crippen molar-refractivity contribution in [3.63, 3.8) is 0 Å². The molecule has 1 radical (unpaired) electrons. The van der Waals surface area contributed by atoms with E-state index in [1.54, 1.807) is 5.56 Å². The van der Waals surface area contributed by atoms with Crippen molar-refractivity contribution in [3.05, 3.63) is 41.8 Å². The molecule has 1 fully saturated rings. The highest BCUT2D eigenvalue weighted by molar-refractivity contribution is 5.25. The number of hydrogen-bond donors (Lipinski definition) is 0. The summed E-state index contributed by atoms with van der Waals surface area (Å²) < 4.78 is 0. The lowest BCUT2D eigenvalue weighted by Crippen LogP contribution is -2.15. The van der Waals surface area contributed by atoms with E-state index in [1.807, 2.05) is 0 Å². The van der Waals surface area contributed by atoms with Gasteiger partial charge in [-0.05, 0) is 61.0 Å². The molecular formula is C24H39. The summed E-state index contributed by atoms with van der Waals surface area (Å²) in [7, 11) is 0. The summed E-state index contributed by atoms with van der Waals surface area (Å²) >= 11 is 0. The summed E-state index contributed by atoms with van der Waals surface area (Å²) in [5.74, 6) is 2.72. The van der Waals surface area contributed by atoms with Gasteiger partial charge in [0.05, 0.1) is 0 Å². The van der Waals surface area contributed by atoms with Gasteiger partial charge in [-0.2, -0.15) is 0 Å². The number of aryl methyl sites for hydroxylation is 1. The highest BCUT2D eigenvalue weighted by Crippen LogP contribution is 2.34. The highest BCUT2D eigenvalue weighted by atomic mass is 14.3. The normalized spacial score (nSPS) is 22.5. The molecule has 0 bridgehead atoms. The van der Waals surface area contributed by atoms with Crippen LogP contribution in [0.2, 0.25) is 0 Å². The molecule has 1 saturated carbocycles. The third kappa shape index (κ3) is 6.61. The first-order chi connectivity index (χ1) is 11.7. The number of rotatable bonds is 10. The largest absolute Gasteiger partial charge is 0.0654 e. The molecule has 0 heterocycles. The molecule has 1 atom stereocenters. The standard InChI is InChI=1S/C24H39/c1-4-6-7-9-20(3)24-18-16-23(17-19-24)15-14-22-12-10-21(8-5-2)11-13-22/h6,16-22H,4-5,7-15H2,1-3H3/t20?,21-,22-. The van der Waals surface area contributed by atoms with E-state index >= 15 is 0 Å². The molecule has 1 aromatic rings. The average Bonchev–Trinajstić information content (AvgIpc) is 2.62. The summed E-state index contributed by atoms with van der Waals surface area (Å²) in [6.07, 6.45) is 17.6. The predicted octanol–water partition coefficient (Wildman–Crippen LogP) is 7.72. The van der Waals surface area contributed by atoms with E-state index in [-0.39, 0.29) is 0 Å². The van der Waals surface area contributed by atoms with E-state index < -0.39 is 0 Å². The fraction of sp³-hybridized carbons (Fsp3) is 0.708. The van der Waals surface area contributed by atoms with Crippen molar-refractivity contribution < 1.29 is 0 Å². The van der Waals surface area contributed by atoms with Crippen LogP contribution in [0, 0.1) is 18.3 Å². The Morgan fingerprint density at radius 3 is 2.17 bits per heavy atom. The Bertz CT molecular complexity index is 422. The Kier molecular flexibility index (Phi) is 8.92. The molecule has 135 valence electrons. The molecule has 1 aliphatic carbocycles. The smallest absolute Gasteiger partial charge is 0.0190 e. The second kappa shape index (κ2) is 11.0. The molecule has 0 aromatic heterocycles. The summed E-state index contributed by atoms with van der Waals surface area (Å²) in [5, 5.41) is 0. The Morgan fingerprint density at radius 1 is 0.958 bits per heavy atom. The molecule has 2 rings (SSSR count). The van der Waals surface area contributed by atoms with Crippen LogP contribution in [0.25, 0.3) is 0 Å². The van der Waals surface area contributed by atoms with Crippen LogP contribution in [0.4, 0.5) is 0 Å². The van der Waals surface area contributed by atoms with Gasteiger partial charge in [-0.1, -0.05) is 90.0 Å². The highest BCUT2D eigenvalue weighted by Gasteiger charge is 2.20. The molecule has 24 heavy (non-hydrogen) atoms. The fourth-order valence-electron chi connectivity index (χ4n) is 4.34. The second-order valence-corrected chi connectivity index (χ2v) is 8.13. The van der Waals surface area contributed by atoms with Gasteiger partial charge in [-0.15, -0.1) is 0 Å². The minimum atomic E-state index is 0.690. The Labute approximate surface area is 151 Å². The first-order valence-corrected chi connectivity index (χ1v) is 10.6. The van der Waals surface area contributed by atoms with Crippen LogP contribution in [0.1, 0.15) is 102 Å². The van der Waals surface area contributed by atoms with Gasteiger partial charge >= 0.3 is 0 Å². The molecule has 1 aliphatic rings. The molecule has 0 aliphatic heterocycles. The SMILES string of the molecule is CC[CH]CCC(C)c1ccc(CC[C@H]2CC[C@H](CCC)CC2)cc1. The van der Waals surface area contributed by atoms with Crippen molar-refractivity contribution in [1.82, 2.24) is 0 Å². The average molecular weight is 328 g/mol. The maximum atomic E-state index is 2.40. The monoisotopic (exact) mass is 327 g/mol. The van der Waals surface area contributed by atoms with E-state index in [0.29, 0.717) is 5.92 Å². The topological polar surface area (TPSA) is 0 Å². The molecule has 0 heteroatoms. The van der Waals surface area contributed by atoms with Gasteiger partial charge in [-0.3, -0.25) is 0 Å². The molecule has 0 amide bonds. The Balaban J connectivity index is 1.70. The van der Waals surface area contributed by atoms with E-state index in [0.717, 1.165) is 11.8 Å². The van der Waals surface area contributed by atoms with Crippen molar-refractivity contribution in [3.8, 4) is 0 Å². The second-order valence-electron chi connectivity index (χ2n) is 8.13. The minimum Gasteiger partial charge on any atom is -0.0654 e. The summed E-state index contributed by atoms with van der Waals surface area (Å²) in [6, 6.07) is 9.53. The van der Waals surface area contributed by atoms with Crippen molar-refractivity contribution in [2.45, 2.75) is 97.3 Å². The van der Waals surface area contributed by atoms with Crippen LogP contribution in [-0.2, 0) is 6.42 Å². The van der Waals surface area contributed by atoms with Crippen LogP contribution in [0.15, 0.2) is 24.3 Å². The van der Waals surface area contributed by atoms with Gasteiger partial charge in [0.1, 0.15) is 0 Å². The first-order valence-electron chi connectivity index (χ1n) is 10.6. The van der Waals surface area contributed by atoms with Crippen LogP contribution >= 0.6 is 0 Å². The molecule has 0 nitrogen and oxygen atoms in total. The molecule has 0 saturated heterocycles. The van der Waals surface area contributed by atoms with Crippen LogP contribution in [0.5, 0.6) is 0 Å². The van der Waals surface area contributed by atoms with Crippen LogP contribution in [-0.4, -0.2) is 0 Å². The zero-order chi connectivity index (χ0) is 17.2. The Hall–Kier alpha value is -0.780. The van der Waals surface area contributed by atoms with E-state index in [9.17, 15) is 0 Å². The van der Waals surface area contributed by atoms with Gasteiger partial charge < -0.3 is 0 Å². The molecular weight excluding hydrogens is 288 g/mol. The maximum absolute atomic E-state index is 2.40. The summed E-state index contributed by atoms with van der Waals surface area (Å²) in [4.78, 5) is 0. The third-order valence-electron chi connectivity index (χ3n) is 6.15. The van der Waals surface area contributed by atoms with Crippen molar-refractivity contribution >= 4 is 0 Å². The lowest BCUT2D eigenvalue weighted by molar-refractivity contribution is 0.252. The predicted molar refractivity (Wildman–Crippen MR) is 107 cm³/mol. The van der Waals surface area contributed by atoms with Gasteiger partial charge in [0, 0.05) is 0 Å². The van der Waals surface area contributed by atoms with E-state index in [1.165, 1.54) is 76.2 Å². The zero-order valence-electron chi connectivity index (χ0n) is 16.4. The minimum absolute atomic E-state index is 0.690. The lowest BCUT2D eigenvalue weighted by Gasteiger charge is -2.28. The molecule has 0 spiro atoms. The quantitative estimate of drug-likeness (QED) is 0.386. The zero-order valence-corrected chi connectivity index (χ0v) is 16.4. The summed E-state index contributed by atoms with van der Waals surface area (Å²) in [5.41, 5.74) is 3.06. The molecule has 1 unspecified atom stereocenters. The van der Waals surface area contributed by atoms with Crippen LogP contribution in [0.3, 0.4) is 0 Å². The van der Waals surface area contributed by atoms with Crippen molar-refractivity contribution in [1.29, 1.82) is 0 Å². The van der Waals surface area contributed by atoms with E-state index in [2.05, 4.69) is 51.5 Å². The fourth-order valence-corrected chi connectivity index (χ4v) is 4.34. The van der Waals surface area contributed by atoms with Gasteiger partial charge in [0.2, 0.25) is 0 Å². The Morgan fingerprint density at radius 2 is 1.58 bits per heavy atom. The van der Waals surface area contributed by atoms with E-state index in [4.69, 9.17) is 0 Å². The number of benzene rings is 1. The van der Waals surface area contributed by atoms with Crippen LogP contribution < -0.4 is 0 Å².